The van der Waals surface area contributed by atoms with Gasteiger partial charge >= 0.3 is 0 Å². The van der Waals surface area contributed by atoms with Crippen LogP contribution in [0.2, 0.25) is 0 Å². The summed E-state index contributed by atoms with van der Waals surface area (Å²) in [5, 5.41) is 13.0. The quantitative estimate of drug-likeness (QED) is 0.349. The molecule has 0 bridgehead atoms. The molecule has 1 amide bonds. The first kappa shape index (κ1) is 13.8. The number of methoxy groups -OCH3 is 1. The zero-order valence-corrected chi connectivity index (χ0v) is 9.60. The van der Waals surface area contributed by atoms with Gasteiger partial charge in [-0.15, -0.1) is 0 Å². The van der Waals surface area contributed by atoms with Crippen LogP contribution in [0.1, 0.15) is 10.4 Å². The van der Waals surface area contributed by atoms with Crippen molar-refractivity contribution >= 4 is 17.3 Å². The number of carbonyl (C=O) groups is 1. The molecule has 0 atom stereocenters. The maximum atomic E-state index is 13.2. The molecule has 1 aromatic rings. The summed E-state index contributed by atoms with van der Waals surface area (Å²) >= 11 is 0. The third-order valence-electron chi connectivity index (χ3n) is 2.16. The van der Waals surface area contributed by atoms with Gasteiger partial charge < -0.3 is 15.8 Å². The van der Waals surface area contributed by atoms with E-state index in [1.807, 2.05) is 0 Å². The molecule has 18 heavy (non-hydrogen) atoms. The van der Waals surface area contributed by atoms with Crippen LogP contribution in [0.4, 0.5) is 15.8 Å². The number of nitrogens with one attached hydrogen (secondary N) is 1. The molecular formula is C10H12FN3O4. The standard InChI is InChI=1S/C10H12FN3O4/c1-18-3-2-13-10(15)7-4-6(11)5-8(9(7)12)14(16)17/h4-5H,2-3,12H2,1H3,(H,13,15). The third kappa shape index (κ3) is 3.14. The van der Waals surface area contributed by atoms with Gasteiger partial charge in [-0.25, -0.2) is 4.39 Å². The Morgan fingerprint density at radius 3 is 2.83 bits per heavy atom. The molecule has 0 aromatic heterocycles. The summed E-state index contributed by atoms with van der Waals surface area (Å²) in [4.78, 5) is 21.4. The molecule has 3 N–H and O–H groups in total. The highest BCUT2D eigenvalue weighted by atomic mass is 19.1. The Morgan fingerprint density at radius 1 is 1.61 bits per heavy atom. The van der Waals surface area contributed by atoms with Crippen LogP contribution in [0.25, 0.3) is 0 Å². The van der Waals surface area contributed by atoms with E-state index in [9.17, 15) is 19.3 Å². The molecule has 8 heteroatoms. The Morgan fingerprint density at radius 2 is 2.28 bits per heavy atom. The number of benzene rings is 1. The molecule has 1 rings (SSSR count). The van der Waals surface area contributed by atoms with Gasteiger partial charge in [0, 0.05) is 13.7 Å². The molecule has 0 unspecified atom stereocenters. The van der Waals surface area contributed by atoms with Crippen molar-refractivity contribution in [2.45, 2.75) is 0 Å². The Bertz CT molecular complexity index is 478. The number of ether oxygens (including phenoxy) is 1. The lowest BCUT2D eigenvalue weighted by Crippen LogP contribution is -2.28. The lowest BCUT2D eigenvalue weighted by molar-refractivity contribution is -0.384. The van der Waals surface area contributed by atoms with Crippen molar-refractivity contribution in [2.24, 2.45) is 0 Å². The molecule has 0 spiro atoms. The van der Waals surface area contributed by atoms with Crippen LogP contribution in [0.15, 0.2) is 12.1 Å². The van der Waals surface area contributed by atoms with E-state index in [0.717, 1.165) is 6.07 Å². The number of rotatable bonds is 5. The first-order valence-electron chi connectivity index (χ1n) is 4.98. The zero-order chi connectivity index (χ0) is 13.7. The van der Waals surface area contributed by atoms with Crippen LogP contribution in [0.5, 0.6) is 0 Å². The molecule has 0 radical (unpaired) electrons. The SMILES string of the molecule is COCCNC(=O)c1cc(F)cc([N+](=O)[O-])c1N. The second-order valence-electron chi connectivity index (χ2n) is 3.39. The smallest absolute Gasteiger partial charge is 0.295 e. The van der Waals surface area contributed by atoms with Gasteiger partial charge in [-0.3, -0.25) is 14.9 Å². The maximum absolute atomic E-state index is 13.2. The predicted octanol–water partition coefficient (Wildman–Crippen LogP) is 0.692. The molecule has 0 fully saturated rings. The second-order valence-corrected chi connectivity index (χ2v) is 3.39. The van der Waals surface area contributed by atoms with E-state index in [1.54, 1.807) is 0 Å². The number of nitrogens with zero attached hydrogens (tertiary/aromatic N) is 1. The van der Waals surface area contributed by atoms with Gasteiger partial charge in [-0.1, -0.05) is 0 Å². The Kier molecular flexibility index (Phi) is 4.55. The summed E-state index contributed by atoms with van der Waals surface area (Å²) < 4.78 is 17.9. The van der Waals surface area contributed by atoms with E-state index in [4.69, 9.17) is 10.5 Å². The molecule has 0 saturated carbocycles. The number of hydrogen-bond acceptors (Lipinski definition) is 5. The fraction of sp³-hybridized carbons (Fsp3) is 0.300. The highest BCUT2D eigenvalue weighted by Gasteiger charge is 2.21. The van der Waals surface area contributed by atoms with Gasteiger partial charge in [0.25, 0.3) is 11.6 Å². The fourth-order valence-electron chi connectivity index (χ4n) is 1.30. The molecular weight excluding hydrogens is 245 g/mol. The van der Waals surface area contributed by atoms with Crippen molar-refractivity contribution in [1.82, 2.24) is 5.32 Å². The number of anilines is 1. The van der Waals surface area contributed by atoms with E-state index in [2.05, 4.69) is 5.32 Å². The van der Waals surface area contributed by atoms with Crippen molar-refractivity contribution in [1.29, 1.82) is 0 Å². The van der Waals surface area contributed by atoms with Crippen LogP contribution in [0, 0.1) is 15.9 Å². The summed E-state index contributed by atoms with van der Waals surface area (Å²) in [6, 6.07) is 1.52. The van der Waals surface area contributed by atoms with Crippen molar-refractivity contribution in [2.75, 3.05) is 26.0 Å². The molecule has 0 saturated heterocycles. The summed E-state index contributed by atoms with van der Waals surface area (Å²) in [5.41, 5.74) is 4.19. The summed E-state index contributed by atoms with van der Waals surface area (Å²) in [6.45, 7) is 0.460. The molecule has 98 valence electrons. The number of amides is 1. The summed E-state index contributed by atoms with van der Waals surface area (Å²) in [7, 11) is 1.45. The van der Waals surface area contributed by atoms with Crippen LogP contribution >= 0.6 is 0 Å². The largest absolute Gasteiger partial charge is 0.393 e. The molecule has 0 aliphatic heterocycles. The minimum Gasteiger partial charge on any atom is -0.393 e. The predicted molar refractivity (Wildman–Crippen MR) is 61.7 cm³/mol. The number of hydrogen-bond donors (Lipinski definition) is 2. The van der Waals surface area contributed by atoms with Crippen molar-refractivity contribution < 1.29 is 18.8 Å². The van der Waals surface area contributed by atoms with E-state index < -0.39 is 22.3 Å². The number of nitro groups is 1. The maximum Gasteiger partial charge on any atom is 0.295 e. The number of carbonyl (C=O) groups excluding carboxylic acids is 1. The monoisotopic (exact) mass is 257 g/mol. The molecule has 0 aliphatic carbocycles. The highest BCUT2D eigenvalue weighted by molar-refractivity contribution is 6.01. The first-order chi connectivity index (χ1) is 8.47. The Hall–Kier alpha value is -2.22. The van der Waals surface area contributed by atoms with Gasteiger partial charge in [-0.05, 0) is 6.07 Å². The van der Waals surface area contributed by atoms with E-state index in [1.165, 1.54) is 7.11 Å². The minimum atomic E-state index is -0.896. The summed E-state index contributed by atoms with van der Waals surface area (Å²) in [5.74, 6) is -1.58. The van der Waals surface area contributed by atoms with Crippen LogP contribution in [0.3, 0.4) is 0 Å². The topological polar surface area (TPSA) is 107 Å². The fourth-order valence-corrected chi connectivity index (χ4v) is 1.30. The van der Waals surface area contributed by atoms with Crippen molar-refractivity contribution in [3.63, 3.8) is 0 Å². The van der Waals surface area contributed by atoms with Gasteiger partial charge in [-0.2, -0.15) is 0 Å². The highest BCUT2D eigenvalue weighted by Crippen LogP contribution is 2.26. The molecule has 7 nitrogen and oxygen atoms in total. The van der Waals surface area contributed by atoms with E-state index >= 15 is 0 Å². The molecule has 0 aliphatic rings. The Labute approximate surface area is 102 Å². The van der Waals surface area contributed by atoms with Gasteiger partial charge in [0.2, 0.25) is 0 Å². The number of nitrogens with two attached hydrogens (primary N) is 1. The van der Waals surface area contributed by atoms with Crippen LogP contribution < -0.4 is 11.1 Å². The van der Waals surface area contributed by atoms with Gasteiger partial charge in [0.05, 0.1) is 23.2 Å². The average molecular weight is 257 g/mol. The number of nitro benzene ring substituents is 1. The second kappa shape index (κ2) is 5.92. The molecule has 0 heterocycles. The Balaban J connectivity index is 3.01. The van der Waals surface area contributed by atoms with Crippen LogP contribution in [-0.4, -0.2) is 31.1 Å². The minimum absolute atomic E-state index is 0.194. The van der Waals surface area contributed by atoms with Gasteiger partial charge in [0.15, 0.2) is 0 Å². The van der Waals surface area contributed by atoms with Crippen LogP contribution in [-0.2, 0) is 4.74 Å². The number of nitrogen functional groups attached to an aromatic ring is 1. The zero-order valence-electron chi connectivity index (χ0n) is 9.60. The lowest BCUT2D eigenvalue weighted by Gasteiger charge is -2.07. The first-order valence-corrected chi connectivity index (χ1v) is 4.98. The summed E-state index contributed by atoms with van der Waals surface area (Å²) in [6.07, 6.45) is 0. The van der Waals surface area contributed by atoms with E-state index in [0.29, 0.717) is 6.07 Å². The average Bonchev–Trinajstić information content (AvgIpc) is 2.31. The van der Waals surface area contributed by atoms with E-state index in [-0.39, 0.29) is 24.4 Å². The van der Waals surface area contributed by atoms with Gasteiger partial charge in [0.1, 0.15) is 11.5 Å². The number of halogens is 1. The molecule has 1 aromatic carbocycles. The van der Waals surface area contributed by atoms with Crippen molar-refractivity contribution in [3.05, 3.63) is 33.6 Å². The van der Waals surface area contributed by atoms with Crippen molar-refractivity contribution in [3.8, 4) is 0 Å². The third-order valence-corrected chi connectivity index (χ3v) is 2.16. The normalized spacial score (nSPS) is 10.1. The lowest BCUT2D eigenvalue weighted by atomic mass is 10.1.